The van der Waals surface area contributed by atoms with Gasteiger partial charge in [-0.25, -0.2) is 0 Å². The Labute approximate surface area is 130 Å². The van der Waals surface area contributed by atoms with Crippen LogP contribution in [0.1, 0.15) is 18.5 Å². The zero-order chi connectivity index (χ0) is 14.8. The van der Waals surface area contributed by atoms with Gasteiger partial charge >= 0.3 is 0 Å². The third-order valence-electron chi connectivity index (χ3n) is 3.16. The normalized spacial score (nSPS) is 12.3. The van der Waals surface area contributed by atoms with Crippen molar-refractivity contribution in [1.82, 2.24) is 20.2 Å². The molecule has 0 spiro atoms. The molecular formula is C15H14BrN5. The summed E-state index contributed by atoms with van der Waals surface area (Å²) >= 11 is 3.53. The van der Waals surface area contributed by atoms with Crippen LogP contribution in [0.5, 0.6) is 0 Å². The van der Waals surface area contributed by atoms with Crippen molar-refractivity contribution in [3.63, 3.8) is 0 Å². The standard InChI is InChI=1S/C15H14BrN5/c1-10(17)12-7-8-14(13(16)9-12)21-19-15(18-20-21)11-5-3-2-4-6-11/h2-10H,17H2,1H3/t10-/m0/s1. The van der Waals surface area contributed by atoms with Crippen molar-refractivity contribution >= 4 is 15.9 Å². The van der Waals surface area contributed by atoms with Crippen LogP contribution < -0.4 is 5.73 Å². The minimum atomic E-state index is -0.0149. The monoisotopic (exact) mass is 343 g/mol. The van der Waals surface area contributed by atoms with Crippen molar-refractivity contribution < 1.29 is 0 Å². The number of tetrazole rings is 1. The average molecular weight is 344 g/mol. The number of benzene rings is 2. The summed E-state index contributed by atoms with van der Waals surface area (Å²) in [5.74, 6) is 0.596. The molecule has 21 heavy (non-hydrogen) atoms. The van der Waals surface area contributed by atoms with E-state index in [2.05, 4.69) is 31.3 Å². The van der Waals surface area contributed by atoms with E-state index in [4.69, 9.17) is 5.73 Å². The number of nitrogens with two attached hydrogens (primary N) is 1. The van der Waals surface area contributed by atoms with E-state index in [0.717, 1.165) is 21.3 Å². The summed E-state index contributed by atoms with van der Waals surface area (Å²) in [5, 5.41) is 12.6. The first-order valence-corrected chi connectivity index (χ1v) is 7.35. The van der Waals surface area contributed by atoms with Crippen LogP contribution in [0.25, 0.3) is 17.1 Å². The summed E-state index contributed by atoms with van der Waals surface area (Å²) in [5.41, 5.74) is 8.70. The Bertz CT molecular complexity index is 752. The fourth-order valence-corrected chi connectivity index (χ4v) is 2.54. The van der Waals surface area contributed by atoms with E-state index in [-0.39, 0.29) is 6.04 Å². The highest BCUT2D eigenvalue weighted by molar-refractivity contribution is 9.10. The molecule has 0 unspecified atom stereocenters. The van der Waals surface area contributed by atoms with Gasteiger partial charge in [-0.05, 0) is 45.8 Å². The highest BCUT2D eigenvalue weighted by Gasteiger charge is 2.11. The third kappa shape index (κ3) is 2.86. The zero-order valence-electron chi connectivity index (χ0n) is 11.4. The molecule has 0 aliphatic heterocycles. The maximum atomic E-state index is 5.88. The number of aromatic nitrogens is 4. The summed E-state index contributed by atoms with van der Waals surface area (Å²) in [6, 6.07) is 15.6. The summed E-state index contributed by atoms with van der Waals surface area (Å²) < 4.78 is 0.884. The van der Waals surface area contributed by atoms with Gasteiger partial charge in [-0.3, -0.25) is 0 Å². The Morgan fingerprint density at radius 3 is 2.57 bits per heavy atom. The number of nitrogens with zero attached hydrogens (tertiary/aromatic N) is 4. The molecule has 0 aliphatic carbocycles. The lowest BCUT2D eigenvalue weighted by Crippen LogP contribution is -2.06. The van der Waals surface area contributed by atoms with Gasteiger partial charge in [0.15, 0.2) is 0 Å². The van der Waals surface area contributed by atoms with Crippen molar-refractivity contribution in [1.29, 1.82) is 0 Å². The van der Waals surface area contributed by atoms with Crippen LogP contribution in [0.3, 0.4) is 0 Å². The van der Waals surface area contributed by atoms with Gasteiger partial charge < -0.3 is 5.73 Å². The van der Waals surface area contributed by atoms with Gasteiger partial charge in [-0.1, -0.05) is 36.4 Å². The van der Waals surface area contributed by atoms with Gasteiger partial charge in [0.2, 0.25) is 5.82 Å². The number of hydrogen-bond donors (Lipinski definition) is 1. The van der Waals surface area contributed by atoms with Crippen LogP contribution in [0.15, 0.2) is 53.0 Å². The second-order valence-electron chi connectivity index (χ2n) is 4.77. The van der Waals surface area contributed by atoms with Gasteiger partial charge in [0.1, 0.15) is 5.69 Å². The van der Waals surface area contributed by atoms with Crippen LogP contribution in [0, 0.1) is 0 Å². The van der Waals surface area contributed by atoms with Crippen LogP contribution >= 0.6 is 15.9 Å². The van der Waals surface area contributed by atoms with Crippen molar-refractivity contribution in [2.24, 2.45) is 5.73 Å². The van der Waals surface area contributed by atoms with Crippen LogP contribution in [0.2, 0.25) is 0 Å². The molecule has 0 saturated carbocycles. The molecule has 106 valence electrons. The molecule has 1 atom stereocenters. The molecular weight excluding hydrogens is 330 g/mol. The molecule has 0 radical (unpaired) electrons. The van der Waals surface area contributed by atoms with Crippen LogP contribution in [0.4, 0.5) is 0 Å². The Hall–Kier alpha value is -2.05. The van der Waals surface area contributed by atoms with Gasteiger partial charge in [0.25, 0.3) is 0 Å². The minimum absolute atomic E-state index is 0.0149. The molecule has 0 saturated heterocycles. The number of rotatable bonds is 3. The Morgan fingerprint density at radius 1 is 1.14 bits per heavy atom. The van der Waals surface area contributed by atoms with Crippen molar-refractivity contribution in [3.05, 3.63) is 58.6 Å². The predicted molar refractivity (Wildman–Crippen MR) is 84.9 cm³/mol. The van der Waals surface area contributed by atoms with Gasteiger partial charge in [0, 0.05) is 16.1 Å². The number of halogens is 1. The lowest BCUT2D eigenvalue weighted by atomic mass is 10.1. The molecule has 0 bridgehead atoms. The molecule has 0 amide bonds. The van der Waals surface area contributed by atoms with Gasteiger partial charge in [-0.15, -0.1) is 15.0 Å². The second-order valence-corrected chi connectivity index (χ2v) is 5.62. The summed E-state index contributed by atoms with van der Waals surface area (Å²) in [6.07, 6.45) is 0. The molecule has 2 N–H and O–H groups in total. The first-order valence-electron chi connectivity index (χ1n) is 6.56. The maximum absolute atomic E-state index is 5.88. The fraction of sp³-hybridized carbons (Fsp3) is 0.133. The van der Waals surface area contributed by atoms with Crippen molar-refractivity contribution in [2.45, 2.75) is 13.0 Å². The quantitative estimate of drug-likeness (QED) is 0.793. The van der Waals surface area contributed by atoms with Gasteiger partial charge in [0.05, 0.1) is 0 Å². The summed E-state index contributed by atoms with van der Waals surface area (Å²) in [7, 11) is 0. The Kier molecular flexibility index (Phi) is 3.81. The smallest absolute Gasteiger partial charge is 0.205 e. The molecule has 1 aromatic heterocycles. The van der Waals surface area contributed by atoms with E-state index in [1.54, 1.807) is 0 Å². The van der Waals surface area contributed by atoms with Crippen molar-refractivity contribution in [2.75, 3.05) is 0 Å². The lowest BCUT2D eigenvalue weighted by molar-refractivity contribution is 0.715. The maximum Gasteiger partial charge on any atom is 0.205 e. The molecule has 2 aromatic carbocycles. The number of hydrogen-bond acceptors (Lipinski definition) is 4. The van der Waals surface area contributed by atoms with E-state index in [0.29, 0.717) is 5.82 Å². The third-order valence-corrected chi connectivity index (χ3v) is 3.79. The average Bonchev–Trinajstić information content (AvgIpc) is 2.97. The Morgan fingerprint density at radius 2 is 1.90 bits per heavy atom. The fourth-order valence-electron chi connectivity index (χ4n) is 1.99. The van der Waals surface area contributed by atoms with Crippen LogP contribution in [-0.4, -0.2) is 20.2 Å². The second kappa shape index (κ2) is 5.75. The highest BCUT2D eigenvalue weighted by Crippen LogP contribution is 2.24. The van der Waals surface area contributed by atoms with E-state index in [1.807, 2.05) is 55.5 Å². The van der Waals surface area contributed by atoms with E-state index < -0.39 is 0 Å². The first kappa shape index (κ1) is 13.9. The molecule has 3 aromatic rings. The SMILES string of the molecule is C[C@H](N)c1ccc(-n2nnc(-c3ccccc3)n2)c(Br)c1. The van der Waals surface area contributed by atoms with E-state index >= 15 is 0 Å². The summed E-state index contributed by atoms with van der Waals surface area (Å²) in [4.78, 5) is 1.51. The summed E-state index contributed by atoms with van der Waals surface area (Å²) in [6.45, 7) is 1.95. The highest BCUT2D eigenvalue weighted by atomic mass is 79.9. The van der Waals surface area contributed by atoms with Crippen LogP contribution in [-0.2, 0) is 0 Å². The van der Waals surface area contributed by atoms with E-state index in [9.17, 15) is 0 Å². The molecule has 3 rings (SSSR count). The van der Waals surface area contributed by atoms with Gasteiger partial charge in [-0.2, -0.15) is 0 Å². The lowest BCUT2D eigenvalue weighted by Gasteiger charge is -2.08. The largest absolute Gasteiger partial charge is 0.324 e. The molecule has 0 aliphatic rings. The molecule has 5 nitrogen and oxygen atoms in total. The molecule has 1 heterocycles. The first-order chi connectivity index (χ1) is 10.1. The molecule has 6 heteroatoms. The topological polar surface area (TPSA) is 69.6 Å². The Balaban J connectivity index is 1.97. The van der Waals surface area contributed by atoms with Crippen molar-refractivity contribution in [3.8, 4) is 17.1 Å². The molecule has 0 fully saturated rings. The zero-order valence-corrected chi connectivity index (χ0v) is 13.0. The predicted octanol–water partition coefficient (Wildman–Crippen LogP) is 3.11. The minimum Gasteiger partial charge on any atom is -0.324 e. The van der Waals surface area contributed by atoms with E-state index in [1.165, 1.54) is 4.80 Å².